The number of hydrogen-bond donors (Lipinski definition) is 0. The van der Waals surface area contributed by atoms with Crippen LogP contribution in [-0.4, -0.2) is 12.9 Å². The number of carbonyl (C=O) groups excluding carboxylic acids is 1. The van der Waals surface area contributed by atoms with Gasteiger partial charge in [0.1, 0.15) is 5.82 Å². The van der Waals surface area contributed by atoms with Gasteiger partial charge in [0.2, 0.25) is 0 Å². The minimum atomic E-state index is -0.634. The summed E-state index contributed by atoms with van der Waals surface area (Å²) in [5.41, 5.74) is 0.335. The summed E-state index contributed by atoms with van der Waals surface area (Å²) in [4.78, 5) is 12.0. The first-order valence-corrected chi connectivity index (χ1v) is 6.20. The number of halogens is 3. The van der Waals surface area contributed by atoms with E-state index in [1.54, 1.807) is 6.07 Å². The molecule has 0 spiro atoms. The summed E-state index contributed by atoms with van der Waals surface area (Å²) < 4.78 is 32.0. The van der Waals surface area contributed by atoms with E-state index in [0.29, 0.717) is 0 Å². The first kappa shape index (κ1) is 14.5. The average Bonchev–Trinajstić information content (AvgIpc) is 2.43. The van der Waals surface area contributed by atoms with Crippen LogP contribution >= 0.6 is 11.6 Å². The first-order chi connectivity index (χ1) is 9.52. The molecule has 104 valence electrons. The molecule has 0 N–H and O–H groups in total. The van der Waals surface area contributed by atoms with Crippen molar-refractivity contribution in [2.24, 2.45) is 0 Å². The molecule has 0 bridgehead atoms. The summed E-state index contributed by atoms with van der Waals surface area (Å²) in [5, 5.41) is -0.0452. The molecular formula is C15H11ClF2O2. The molecule has 0 heterocycles. The van der Waals surface area contributed by atoms with Gasteiger partial charge in [0.15, 0.2) is 17.3 Å². The fraction of sp³-hybridized carbons (Fsp3) is 0.133. The predicted molar refractivity (Wildman–Crippen MR) is 72.4 cm³/mol. The van der Waals surface area contributed by atoms with Gasteiger partial charge in [-0.2, -0.15) is 0 Å². The maximum atomic E-state index is 13.7. The van der Waals surface area contributed by atoms with E-state index in [9.17, 15) is 13.6 Å². The van der Waals surface area contributed by atoms with Crippen molar-refractivity contribution in [3.63, 3.8) is 0 Å². The largest absolute Gasteiger partial charge is 0.494 e. The monoisotopic (exact) mass is 296 g/mol. The summed E-state index contributed by atoms with van der Waals surface area (Å²) in [7, 11) is 1.33. The van der Waals surface area contributed by atoms with Gasteiger partial charge in [-0.1, -0.05) is 23.7 Å². The molecule has 0 fully saturated rings. The standard InChI is InChI=1S/C15H11ClF2O2/c1-20-14-6-5-9(7-12(14)17)13(19)8-10-3-2-4-11(16)15(10)18/h2-7H,8H2,1H3. The highest BCUT2D eigenvalue weighted by Gasteiger charge is 2.14. The van der Waals surface area contributed by atoms with Crippen LogP contribution in [0.15, 0.2) is 36.4 Å². The summed E-state index contributed by atoms with van der Waals surface area (Å²) >= 11 is 5.65. The van der Waals surface area contributed by atoms with E-state index in [0.717, 1.165) is 6.07 Å². The van der Waals surface area contributed by atoms with Crippen LogP contribution in [0.2, 0.25) is 5.02 Å². The summed E-state index contributed by atoms with van der Waals surface area (Å²) in [6.45, 7) is 0. The van der Waals surface area contributed by atoms with Gasteiger partial charge in [-0.3, -0.25) is 4.79 Å². The molecule has 0 aliphatic heterocycles. The van der Waals surface area contributed by atoms with Crippen LogP contribution in [0.4, 0.5) is 8.78 Å². The topological polar surface area (TPSA) is 26.3 Å². The van der Waals surface area contributed by atoms with Crippen LogP contribution in [0.1, 0.15) is 15.9 Å². The van der Waals surface area contributed by atoms with Crippen LogP contribution < -0.4 is 4.74 Å². The lowest BCUT2D eigenvalue weighted by atomic mass is 10.0. The molecule has 0 aromatic heterocycles. The van der Waals surface area contributed by atoms with E-state index in [2.05, 4.69) is 0 Å². The molecule has 20 heavy (non-hydrogen) atoms. The molecule has 2 aromatic rings. The van der Waals surface area contributed by atoms with E-state index in [1.165, 1.54) is 31.4 Å². The summed E-state index contributed by atoms with van der Waals surface area (Å²) in [6.07, 6.45) is -0.182. The quantitative estimate of drug-likeness (QED) is 0.796. The van der Waals surface area contributed by atoms with Crippen molar-refractivity contribution < 1.29 is 18.3 Å². The molecule has 0 atom stereocenters. The second-order valence-corrected chi connectivity index (χ2v) is 4.57. The number of ketones is 1. The Labute approximate surface area is 119 Å². The normalized spacial score (nSPS) is 10.4. The van der Waals surface area contributed by atoms with E-state index in [1.807, 2.05) is 0 Å². The maximum absolute atomic E-state index is 13.7. The van der Waals surface area contributed by atoms with Crippen LogP contribution in [-0.2, 0) is 6.42 Å². The van der Waals surface area contributed by atoms with Gasteiger partial charge in [0.25, 0.3) is 0 Å². The second-order valence-electron chi connectivity index (χ2n) is 4.16. The Morgan fingerprint density at radius 3 is 2.65 bits per heavy atom. The average molecular weight is 297 g/mol. The number of rotatable bonds is 4. The molecule has 0 amide bonds. The van der Waals surface area contributed by atoms with E-state index >= 15 is 0 Å². The van der Waals surface area contributed by atoms with Crippen molar-refractivity contribution in [2.75, 3.05) is 7.11 Å². The predicted octanol–water partition coefficient (Wildman–Crippen LogP) is 4.05. The molecule has 0 radical (unpaired) electrons. The maximum Gasteiger partial charge on any atom is 0.167 e. The summed E-state index contributed by atoms with van der Waals surface area (Å²) in [6, 6.07) is 8.30. The smallest absolute Gasteiger partial charge is 0.167 e. The SMILES string of the molecule is COc1ccc(C(=O)Cc2cccc(Cl)c2F)cc1F. The third-order valence-electron chi connectivity index (χ3n) is 2.86. The molecule has 0 aliphatic carbocycles. The molecule has 0 aliphatic rings. The molecule has 0 saturated heterocycles. The van der Waals surface area contributed by atoms with E-state index in [4.69, 9.17) is 16.3 Å². The zero-order valence-electron chi connectivity index (χ0n) is 10.6. The molecular weight excluding hydrogens is 286 g/mol. The van der Waals surface area contributed by atoms with Gasteiger partial charge in [0, 0.05) is 12.0 Å². The zero-order valence-corrected chi connectivity index (χ0v) is 11.4. The van der Waals surface area contributed by atoms with Gasteiger partial charge in [-0.15, -0.1) is 0 Å². The lowest BCUT2D eigenvalue weighted by molar-refractivity contribution is 0.0991. The molecule has 2 nitrogen and oxygen atoms in total. The highest BCUT2D eigenvalue weighted by Crippen LogP contribution is 2.21. The van der Waals surface area contributed by atoms with E-state index < -0.39 is 17.4 Å². The minimum absolute atomic E-state index is 0.0452. The number of benzene rings is 2. The molecule has 5 heteroatoms. The Hall–Kier alpha value is -1.94. The fourth-order valence-electron chi connectivity index (χ4n) is 1.80. The summed E-state index contributed by atoms with van der Waals surface area (Å²) in [5.74, 6) is -1.61. The van der Waals surface area contributed by atoms with Crippen LogP contribution in [0.5, 0.6) is 5.75 Å². The lowest BCUT2D eigenvalue weighted by Gasteiger charge is -2.06. The fourth-order valence-corrected chi connectivity index (χ4v) is 1.99. The first-order valence-electron chi connectivity index (χ1n) is 5.82. The molecule has 0 saturated carbocycles. The van der Waals surface area contributed by atoms with E-state index in [-0.39, 0.29) is 28.3 Å². The van der Waals surface area contributed by atoms with Gasteiger partial charge in [0.05, 0.1) is 12.1 Å². The van der Waals surface area contributed by atoms with Crippen molar-refractivity contribution in [3.05, 3.63) is 64.2 Å². The second kappa shape index (κ2) is 6.01. The van der Waals surface area contributed by atoms with Crippen molar-refractivity contribution in [2.45, 2.75) is 6.42 Å². The third-order valence-corrected chi connectivity index (χ3v) is 3.15. The highest BCUT2D eigenvalue weighted by atomic mass is 35.5. The van der Waals surface area contributed by atoms with Crippen molar-refractivity contribution in [3.8, 4) is 5.75 Å². The number of carbonyl (C=O) groups is 1. The molecule has 0 unspecified atom stereocenters. The van der Waals surface area contributed by atoms with Crippen LogP contribution in [0, 0.1) is 11.6 Å². The Balaban J connectivity index is 2.24. The van der Waals surface area contributed by atoms with Gasteiger partial charge in [-0.25, -0.2) is 8.78 Å². The number of Topliss-reactive ketones (excluding diaryl/α,β-unsaturated/α-hetero) is 1. The van der Waals surface area contributed by atoms with Crippen LogP contribution in [0.3, 0.4) is 0 Å². The van der Waals surface area contributed by atoms with Crippen LogP contribution in [0.25, 0.3) is 0 Å². The number of methoxy groups -OCH3 is 1. The van der Waals surface area contributed by atoms with Gasteiger partial charge >= 0.3 is 0 Å². The Morgan fingerprint density at radius 1 is 1.25 bits per heavy atom. The third kappa shape index (κ3) is 2.96. The zero-order chi connectivity index (χ0) is 14.7. The Kier molecular flexibility index (Phi) is 4.35. The Bertz CT molecular complexity index is 656. The molecule has 2 aromatic carbocycles. The lowest BCUT2D eigenvalue weighted by Crippen LogP contribution is -2.06. The van der Waals surface area contributed by atoms with Crippen molar-refractivity contribution >= 4 is 17.4 Å². The Morgan fingerprint density at radius 2 is 2.00 bits per heavy atom. The van der Waals surface area contributed by atoms with Crippen molar-refractivity contribution in [1.29, 1.82) is 0 Å². The van der Waals surface area contributed by atoms with Gasteiger partial charge < -0.3 is 4.74 Å². The number of ether oxygens (including phenoxy) is 1. The minimum Gasteiger partial charge on any atom is -0.494 e. The molecule has 2 rings (SSSR count). The van der Waals surface area contributed by atoms with Gasteiger partial charge in [-0.05, 0) is 29.8 Å². The van der Waals surface area contributed by atoms with Crippen molar-refractivity contribution in [1.82, 2.24) is 0 Å². The number of hydrogen-bond acceptors (Lipinski definition) is 2. The highest BCUT2D eigenvalue weighted by molar-refractivity contribution is 6.30.